The van der Waals surface area contributed by atoms with Gasteiger partial charge in [-0.3, -0.25) is 9.59 Å². The third-order valence-corrected chi connectivity index (χ3v) is 5.62. The molecule has 3 rings (SSSR count). The predicted molar refractivity (Wildman–Crippen MR) is 98.7 cm³/mol. The molecule has 2 aromatic rings. The fourth-order valence-corrected chi connectivity index (χ4v) is 3.77. The van der Waals surface area contributed by atoms with Gasteiger partial charge in [0.15, 0.2) is 0 Å². The summed E-state index contributed by atoms with van der Waals surface area (Å²) in [5.74, 6) is 0.868. The van der Waals surface area contributed by atoms with Crippen LogP contribution in [0.15, 0.2) is 24.4 Å². The first kappa shape index (κ1) is 17.9. The number of aromatic nitrogens is 2. The molecule has 1 saturated carbocycles. The van der Waals surface area contributed by atoms with E-state index in [1.807, 2.05) is 0 Å². The van der Waals surface area contributed by atoms with Crippen molar-refractivity contribution < 1.29 is 9.59 Å². The highest BCUT2D eigenvalue weighted by molar-refractivity contribution is 6.31. The molecule has 0 saturated heterocycles. The number of nitrogens with zero attached hydrogens (tertiary/aromatic N) is 2. The highest BCUT2D eigenvalue weighted by Crippen LogP contribution is 2.29. The van der Waals surface area contributed by atoms with Gasteiger partial charge < -0.3 is 5.32 Å². The van der Waals surface area contributed by atoms with E-state index < -0.39 is 0 Å². The highest BCUT2D eigenvalue weighted by atomic mass is 35.5. The van der Waals surface area contributed by atoms with E-state index in [0.29, 0.717) is 22.4 Å². The smallest absolute Gasteiger partial charge is 0.247 e. The average Bonchev–Trinajstić information content (AvgIpc) is 3.00. The molecular formula is C19H24ClN3O2. The molecule has 1 aliphatic rings. The van der Waals surface area contributed by atoms with E-state index in [0.717, 1.165) is 18.2 Å². The number of rotatable bonds is 4. The molecule has 0 unspecified atom stereocenters. The van der Waals surface area contributed by atoms with Crippen LogP contribution < -0.4 is 5.32 Å². The van der Waals surface area contributed by atoms with E-state index >= 15 is 0 Å². The number of hydrogen-bond acceptors (Lipinski definition) is 3. The van der Waals surface area contributed by atoms with Gasteiger partial charge in [-0.1, -0.05) is 38.3 Å². The number of carbonyl (C=O) groups excluding carboxylic acids is 2. The Hall–Kier alpha value is -1.88. The average molecular weight is 362 g/mol. The Morgan fingerprint density at radius 2 is 2.08 bits per heavy atom. The van der Waals surface area contributed by atoms with Gasteiger partial charge >= 0.3 is 0 Å². The summed E-state index contributed by atoms with van der Waals surface area (Å²) in [6, 6.07) is 5.49. The van der Waals surface area contributed by atoms with Crippen LogP contribution in [0.25, 0.3) is 10.9 Å². The first-order chi connectivity index (χ1) is 12.0. The van der Waals surface area contributed by atoms with Gasteiger partial charge in [-0.15, -0.1) is 0 Å². The van der Waals surface area contributed by atoms with Crippen LogP contribution in [0.2, 0.25) is 5.02 Å². The second-order valence-corrected chi connectivity index (χ2v) is 7.53. The van der Waals surface area contributed by atoms with Crippen LogP contribution in [0.5, 0.6) is 0 Å². The van der Waals surface area contributed by atoms with Gasteiger partial charge in [0.25, 0.3) is 0 Å². The van der Waals surface area contributed by atoms with Crippen molar-refractivity contribution in [3.63, 3.8) is 0 Å². The molecule has 1 aliphatic carbocycles. The summed E-state index contributed by atoms with van der Waals surface area (Å²) in [7, 11) is 0. The molecule has 0 spiro atoms. The van der Waals surface area contributed by atoms with Gasteiger partial charge in [0, 0.05) is 29.3 Å². The van der Waals surface area contributed by atoms with Gasteiger partial charge in [-0.25, -0.2) is 4.68 Å². The summed E-state index contributed by atoms with van der Waals surface area (Å²) < 4.78 is 1.35. The normalized spacial score (nSPS) is 23.6. The number of halogens is 1. The van der Waals surface area contributed by atoms with Gasteiger partial charge in [0.2, 0.25) is 11.8 Å². The predicted octanol–water partition coefficient (Wildman–Crippen LogP) is 4.05. The van der Waals surface area contributed by atoms with E-state index in [2.05, 4.69) is 24.3 Å². The summed E-state index contributed by atoms with van der Waals surface area (Å²) in [6.45, 7) is 4.43. The van der Waals surface area contributed by atoms with Crippen LogP contribution in [0.4, 0.5) is 0 Å². The highest BCUT2D eigenvalue weighted by Gasteiger charge is 2.28. The molecule has 3 atom stereocenters. The Bertz CT molecular complexity index is 786. The zero-order valence-corrected chi connectivity index (χ0v) is 15.4. The number of nitrogens with one attached hydrogen (secondary N) is 1. The standard InChI is InChI=1S/C19H24ClN3O2/c1-12-4-3-5-16(13(12)2)22-18(24)8-9-19(25)23-17-7-6-15(20)10-14(17)11-21-23/h6-7,10-13,16H,3-5,8-9H2,1-2H3,(H,22,24)/t12-,13+,16-/m1/s1. The van der Waals surface area contributed by atoms with Crippen molar-refractivity contribution in [3.8, 4) is 0 Å². The summed E-state index contributed by atoms with van der Waals surface area (Å²) in [5, 5.41) is 8.66. The molecule has 25 heavy (non-hydrogen) atoms. The number of benzene rings is 1. The quantitative estimate of drug-likeness (QED) is 0.893. The largest absolute Gasteiger partial charge is 0.353 e. The molecule has 1 amide bonds. The number of amides is 1. The van der Waals surface area contributed by atoms with Crippen molar-refractivity contribution in [1.82, 2.24) is 15.1 Å². The molecule has 134 valence electrons. The van der Waals surface area contributed by atoms with Crippen LogP contribution in [-0.4, -0.2) is 27.6 Å². The maximum absolute atomic E-state index is 12.4. The Labute approximate surface area is 152 Å². The van der Waals surface area contributed by atoms with E-state index in [1.54, 1.807) is 24.4 Å². The van der Waals surface area contributed by atoms with Gasteiger partial charge in [-0.2, -0.15) is 5.10 Å². The van der Waals surface area contributed by atoms with Gasteiger partial charge in [0.05, 0.1) is 11.7 Å². The van der Waals surface area contributed by atoms with Crippen LogP contribution in [0, 0.1) is 11.8 Å². The Morgan fingerprint density at radius 1 is 1.28 bits per heavy atom. The lowest BCUT2D eigenvalue weighted by molar-refractivity contribution is -0.122. The lowest BCUT2D eigenvalue weighted by Crippen LogP contribution is -2.43. The van der Waals surface area contributed by atoms with Crippen molar-refractivity contribution in [3.05, 3.63) is 29.4 Å². The van der Waals surface area contributed by atoms with Crippen LogP contribution in [0.1, 0.15) is 50.7 Å². The summed E-state index contributed by atoms with van der Waals surface area (Å²) in [5.41, 5.74) is 0.713. The monoisotopic (exact) mass is 361 g/mol. The first-order valence-electron chi connectivity index (χ1n) is 8.91. The van der Waals surface area contributed by atoms with Gasteiger partial charge in [0.1, 0.15) is 0 Å². The SMILES string of the molecule is C[C@H]1[C@H](C)CCC[C@H]1NC(=O)CCC(=O)n1ncc2cc(Cl)ccc21. The maximum atomic E-state index is 12.4. The second kappa shape index (κ2) is 7.56. The fourth-order valence-electron chi connectivity index (χ4n) is 3.59. The zero-order chi connectivity index (χ0) is 18.0. The third-order valence-electron chi connectivity index (χ3n) is 5.39. The van der Waals surface area contributed by atoms with E-state index in [1.165, 1.54) is 11.1 Å². The van der Waals surface area contributed by atoms with Crippen molar-refractivity contribution in [2.75, 3.05) is 0 Å². The zero-order valence-electron chi connectivity index (χ0n) is 14.7. The molecule has 1 aromatic carbocycles. The van der Waals surface area contributed by atoms with Crippen molar-refractivity contribution >= 4 is 34.3 Å². The lowest BCUT2D eigenvalue weighted by Gasteiger charge is -2.34. The second-order valence-electron chi connectivity index (χ2n) is 7.09. The minimum absolute atomic E-state index is 0.0567. The van der Waals surface area contributed by atoms with Crippen molar-refractivity contribution in [2.24, 2.45) is 11.8 Å². The Kier molecular flexibility index (Phi) is 5.42. The minimum Gasteiger partial charge on any atom is -0.353 e. The molecule has 0 bridgehead atoms. The van der Waals surface area contributed by atoms with Crippen molar-refractivity contribution in [1.29, 1.82) is 0 Å². The minimum atomic E-state index is -0.183. The van der Waals surface area contributed by atoms with E-state index in [-0.39, 0.29) is 30.7 Å². The van der Waals surface area contributed by atoms with Crippen molar-refractivity contribution in [2.45, 2.75) is 52.0 Å². The third kappa shape index (κ3) is 4.03. The van der Waals surface area contributed by atoms with Gasteiger partial charge in [-0.05, 0) is 36.5 Å². The fraction of sp³-hybridized carbons (Fsp3) is 0.526. The van der Waals surface area contributed by atoms with E-state index in [9.17, 15) is 9.59 Å². The summed E-state index contributed by atoms with van der Waals surface area (Å²) in [6.07, 6.45) is 5.34. The number of hydrogen-bond donors (Lipinski definition) is 1. The molecule has 5 nitrogen and oxygen atoms in total. The summed E-state index contributed by atoms with van der Waals surface area (Å²) >= 11 is 5.95. The summed E-state index contributed by atoms with van der Waals surface area (Å²) in [4.78, 5) is 24.6. The number of fused-ring (bicyclic) bond motifs is 1. The topological polar surface area (TPSA) is 64.0 Å². The lowest BCUT2D eigenvalue weighted by atomic mass is 9.78. The Morgan fingerprint density at radius 3 is 2.88 bits per heavy atom. The van der Waals surface area contributed by atoms with E-state index in [4.69, 9.17) is 11.6 Å². The molecule has 0 aliphatic heterocycles. The molecule has 6 heteroatoms. The van der Waals surface area contributed by atoms with Crippen LogP contribution >= 0.6 is 11.6 Å². The molecular weight excluding hydrogens is 338 g/mol. The molecule has 0 radical (unpaired) electrons. The number of carbonyl (C=O) groups is 2. The molecule has 1 fully saturated rings. The molecule has 1 aromatic heterocycles. The maximum Gasteiger partial charge on any atom is 0.247 e. The molecule has 1 N–H and O–H groups in total. The van der Waals surface area contributed by atoms with Crippen LogP contribution in [0.3, 0.4) is 0 Å². The molecule has 1 heterocycles. The Balaban J connectivity index is 1.57. The van der Waals surface area contributed by atoms with Crippen LogP contribution in [-0.2, 0) is 4.79 Å². The first-order valence-corrected chi connectivity index (χ1v) is 9.29.